The van der Waals surface area contributed by atoms with Crippen LogP contribution in [0, 0.1) is 13.8 Å². The van der Waals surface area contributed by atoms with Crippen LogP contribution in [0.4, 0.5) is 5.88 Å². The number of furan rings is 1. The third-order valence-corrected chi connectivity index (χ3v) is 3.69. The maximum absolute atomic E-state index is 12.0. The summed E-state index contributed by atoms with van der Waals surface area (Å²) in [6, 6.07) is 2.33. The molecule has 0 saturated heterocycles. The Kier molecular flexibility index (Phi) is 3.06. The largest absolute Gasteiger partial charge is 0.475 e. The van der Waals surface area contributed by atoms with E-state index in [4.69, 9.17) is 14.0 Å². The maximum atomic E-state index is 12.0. The van der Waals surface area contributed by atoms with Gasteiger partial charge in [-0.25, -0.2) is 17.9 Å². The van der Waals surface area contributed by atoms with Crippen molar-refractivity contribution in [3.63, 3.8) is 0 Å². The number of nitrogens with zero attached hydrogens (tertiary/aromatic N) is 1. The highest BCUT2D eigenvalue weighted by Gasteiger charge is 2.25. The molecule has 0 saturated carbocycles. The van der Waals surface area contributed by atoms with E-state index in [2.05, 4.69) is 9.88 Å². The van der Waals surface area contributed by atoms with Gasteiger partial charge in [0.1, 0.15) is 10.7 Å². The van der Waals surface area contributed by atoms with Crippen LogP contribution in [-0.2, 0) is 10.0 Å². The van der Waals surface area contributed by atoms with Crippen molar-refractivity contribution in [2.24, 2.45) is 0 Å². The number of hydrogen-bond acceptors (Lipinski definition) is 6. The van der Waals surface area contributed by atoms with Crippen LogP contribution in [0.25, 0.3) is 0 Å². The first kappa shape index (κ1) is 13.1. The van der Waals surface area contributed by atoms with Crippen molar-refractivity contribution in [1.29, 1.82) is 0 Å². The van der Waals surface area contributed by atoms with Gasteiger partial charge in [-0.05, 0) is 13.8 Å². The summed E-state index contributed by atoms with van der Waals surface area (Å²) >= 11 is 0. The van der Waals surface area contributed by atoms with Crippen molar-refractivity contribution in [2.75, 3.05) is 4.72 Å². The van der Waals surface area contributed by atoms with Gasteiger partial charge in [0.15, 0.2) is 0 Å². The van der Waals surface area contributed by atoms with E-state index in [-0.39, 0.29) is 16.5 Å². The Labute approximate surface area is 108 Å². The average Bonchev–Trinajstić information content (AvgIpc) is 2.85. The molecule has 9 heteroatoms. The maximum Gasteiger partial charge on any atom is 0.371 e. The number of sulfonamides is 1. The van der Waals surface area contributed by atoms with Crippen molar-refractivity contribution < 1.29 is 27.3 Å². The predicted molar refractivity (Wildman–Crippen MR) is 62.5 cm³/mol. The molecule has 0 aliphatic rings. The molecule has 0 bridgehead atoms. The molecule has 19 heavy (non-hydrogen) atoms. The monoisotopic (exact) mass is 286 g/mol. The summed E-state index contributed by atoms with van der Waals surface area (Å²) < 4.78 is 35.7. The van der Waals surface area contributed by atoms with Crippen LogP contribution >= 0.6 is 0 Å². The van der Waals surface area contributed by atoms with Crippen molar-refractivity contribution in [3.05, 3.63) is 29.3 Å². The van der Waals surface area contributed by atoms with Gasteiger partial charge in [0, 0.05) is 12.1 Å². The molecule has 0 unspecified atom stereocenters. The number of rotatable bonds is 4. The van der Waals surface area contributed by atoms with Crippen LogP contribution < -0.4 is 4.72 Å². The zero-order valence-corrected chi connectivity index (χ0v) is 10.8. The molecular formula is C10H10N2O6S. The standard InChI is InChI=1S/C10H10N2O6S/c1-5-3-9(18-11-5)12-19(15,16)8-4-7(10(13)14)17-6(8)2/h3-4,12H,1-2H3,(H,13,14). The lowest BCUT2D eigenvalue weighted by Crippen LogP contribution is -2.12. The van der Waals surface area contributed by atoms with Crippen molar-refractivity contribution >= 4 is 21.9 Å². The second-order valence-electron chi connectivity index (χ2n) is 3.77. The van der Waals surface area contributed by atoms with E-state index in [0.29, 0.717) is 5.69 Å². The normalized spacial score (nSPS) is 11.5. The number of aromatic carboxylic acids is 1. The summed E-state index contributed by atoms with van der Waals surface area (Å²) in [7, 11) is -3.98. The molecular weight excluding hydrogens is 276 g/mol. The number of carboxylic acids is 1. The van der Waals surface area contributed by atoms with Gasteiger partial charge in [-0.1, -0.05) is 5.16 Å². The van der Waals surface area contributed by atoms with Gasteiger partial charge >= 0.3 is 5.97 Å². The predicted octanol–water partition coefficient (Wildman–Crippen LogP) is 1.38. The van der Waals surface area contributed by atoms with Crippen LogP contribution in [0.15, 0.2) is 26.0 Å². The molecule has 0 aliphatic heterocycles. The number of anilines is 1. The number of hydrogen-bond donors (Lipinski definition) is 2. The highest BCUT2D eigenvalue weighted by molar-refractivity contribution is 7.92. The second-order valence-corrected chi connectivity index (χ2v) is 5.43. The lowest BCUT2D eigenvalue weighted by Gasteiger charge is -2.01. The molecule has 0 amide bonds. The summed E-state index contributed by atoms with van der Waals surface area (Å²) in [5.74, 6) is -1.89. The fraction of sp³-hybridized carbons (Fsp3) is 0.200. The quantitative estimate of drug-likeness (QED) is 0.870. The zero-order valence-electron chi connectivity index (χ0n) is 10.00. The van der Waals surface area contributed by atoms with Crippen LogP contribution in [0.5, 0.6) is 0 Å². The Balaban J connectivity index is 2.37. The lowest BCUT2D eigenvalue weighted by molar-refractivity contribution is 0.0661. The molecule has 2 aromatic rings. The van der Waals surface area contributed by atoms with Crippen LogP contribution in [-0.4, -0.2) is 24.7 Å². The van der Waals surface area contributed by atoms with E-state index in [1.54, 1.807) is 6.92 Å². The summed E-state index contributed by atoms with van der Waals surface area (Å²) in [5, 5.41) is 12.3. The van der Waals surface area contributed by atoms with E-state index in [1.165, 1.54) is 13.0 Å². The minimum Gasteiger partial charge on any atom is -0.475 e. The fourth-order valence-electron chi connectivity index (χ4n) is 1.44. The Hall–Kier alpha value is -2.29. The third kappa shape index (κ3) is 2.60. The van der Waals surface area contributed by atoms with E-state index >= 15 is 0 Å². The van der Waals surface area contributed by atoms with Crippen LogP contribution in [0.3, 0.4) is 0 Å². The summed E-state index contributed by atoms with van der Waals surface area (Å²) in [6.45, 7) is 2.99. The molecule has 0 atom stereocenters. The first-order chi connectivity index (χ1) is 8.79. The van der Waals surface area contributed by atoms with Crippen molar-refractivity contribution in [3.8, 4) is 0 Å². The van der Waals surface area contributed by atoms with Gasteiger partial charge in [0.05, 0.1) is 5.69 Å². The first-order valence-corrected chi connectivity index (χ1v) is 6.58. The minimum atomic E-state index is -3.98. The molecule has 0 aliphatic carbocycles. The van der Waals surface area contributed by atoms with E-state index in [0.717, 1.165) is 6.07 Å². The fourth-order valence-corrected chi connectivity index (χ4v) is 2.59. The minimum absolute atomic E-state index is 0.0267. The van der Waals surface area contributed by atoms with Gasteiger partial charge in [0.25, 0.3) is 10.0 Å². The molecule has 2 rings (SSSR count). The Bertz CT molecular complexity index is 727. The van der Waals surface area contributed by atoms with Crippen molar-refractivity contribution in [2.45, 2.75) is 18.7 Å². The summed E-state index contributed by atoms with van der Waals surface area (Å²) in [5.41, 5.74) is 0.507. The van der Waals surface area contributed by atoms with Gasteiger partial charge in [0.2, 0.25) is 11.6 Å². The second kappa shape index (κ2) is 4.43. The highest BCUT2D eigenvalue weighted by Crippen LogP contribution is 2.23. The smallest absolute Gasteiger partial charge is 0.371 e. The van der Waals surface area contributed by atoms with Crippen LogP contribution in [0.2, 0.25) is 0 Å². The summed E-state index contributed by atoms with van der Waals surface area (Å²) in [6.07, 6.45) is 0. The number of aromatic nitrogens is 1. The molecule has 2 aromatic heterocycles. The van der Waals surface area contributed by atoms with Crippen molar-refractivity contribution in [1.82, 2.24) is 5.16 Å². The lowest BCUT2D eigenvalue weighted by atomic mass is 10.4. The molecule has 0 spiro atoms. The molecule has 102 valence electrons. The Morgan fingerprint density at radius 3 is 2.53 bits per heavy atom. The molecule has 8 nitrogen and oxygen atoms in total. The Morgan fingerprint density at radius 1 is 1.37 bits per heavy atom. The van der Waals surface area contributed by atoms with Gasteiger partial charge in [-0.15, -0.1) is 0 Å². The number of carbonyl (C=O) groups is 1. The SMILES string of the molecule is Cc1cc(NS(=O)(=O)c2cc(C(=O)O)oc2C)on1. The number of carboxylic acid groups (broad SMARTS) is 1. The first-order valence-electron chi connectivity index (χ1n) is 5.09. The topological polar surface area (TPSA) is 123 Å². The molecule has 0 fully saturated rings. The molecule has 0 aromatic carbocycles. The van der Waals surface area contributed by atoms with E-state index in [1.807, 2.05) is 0 Å². The van der Waals surface area contributed by atoms with Gasteiger partial charge in [-0.3, -0.25) is 0 Å². The molecule has 2 N–H and O–H groups in total. The van der Waals surface area contributed by atoms with Gasteiger partial charge < -0.3 is 14.0 Å². The molecule has 0 radical (unpaired) electrons. The zero-order chi connectivity index (χ0) is 14.2. The van der Waals surface area contributed by atoms with E-state index in [9.17, 15) is 13.2 Å². The number of nitrogens with one attached hydrogen (secondary N) is 1. The van der Waals surface area contributed by atoms with Crippen LogP contribution in [0.1, 0.15) is 22.0 Å². The number of aryl methyl sites for hydroxylation is 2. The highest BCUT2D eigenvalue weighted by atomic mass is 32.2. The average molecular weight is 286 g/mol. The van der Waals surface area contributed by atoms with Gasteiger partial charge in [-0.2, -0.15) is 0 Å². The molecule has 2 heterocycles. The van der Waals surface area contributed by atoms with E-state index < -0.39 is 21.8 Å². The summed E-state index contributed by atoms with van der Waals surface area (Å²) in [4.78, 5) is 10.5. The Morgan fingerprint density at radius 2 is 2.05 bits per heavy atom. The third-order valence-electron chi connectivity index (χ3n) is 2.24.